The molecule has 0 aliphatic heterocycles. The smallest absolute Gasteiger partial charge is 0.284 e. The van der Waals surface area contributed by atoms with Crippen LogP contribution in [0.3, 0.4) is 0 Å². The summed E-state index contributed by atoms with van der Waals surface area (Å²) in [5, 5.41) is 13.9. The largest absolute Gasteiger partial charge is 0.349 e. The molecule has 6 heteroatoms. The molecular weight excluding hydrogens is 324 g/mol. The van der Waals surface area contributed by atoms with Gasteiger partial charge in [-0.25, -0.2) is 0 Å². The van der Waals surface area contributed by atoms with Gasteiger partial charge in [0.05, 0.1) is 10.5 Å². The van der Waals surface area contributed by atoms with Crippen LogP contribution in [0.15, 0.2) is 22.7 Å². The molecule has 0 atom stereocenters. The van der Waals surface area contributed by atoms with E-state index in [0.717, 1.165) is 25.7 Å². The second-order valence-electron chi connectivity index (χ2n) is 5.06. The third-order valence-electron chi connectivity index (χ3n) is 3.61. The third-order valence-corrected chi connectivity index (χ3v) is 4.44. The van der Waals surface area contributed by atoms with Gasteiger partial charge in [-0.3, -0.25) is 14.9 Å². The summed E-state index contributed by atoms with van der Waals surface area (Å²) in [6.45, 7) is 0. The lowest BCUT2D eigenvalue weighted by Crippen LogP contribution is -2.34. The van der Waals surface area contributed by atoms with Gasteiger partial charge in [0, 0.05) is 12.1 Å². The minimum absolute atomic E-state index is 0.0847. The summed E-state index contributed by atoms with van der Waals surface area (Å²) < 4.78 is 0.246. The van der Waals surface area contributed by atoms with E-state index in [9.17, 15) is 14.9 Å². The molecule has 0 bridgehead atoms. The standard InChI is InChI=1S/C14H17BrN2O3/c15-13-11(8-5-9-12(13)17(19)20)14(18)16-10-6-3-1-2-4-7-10/h5,8-10H,1-4,6-7H2,(H,16,18). The SMILES string of the molecule is O=C(NC1CCCCCC1)c1cccc([N+](=O)[O-])c1Br. The van der Waals surface area contributed by atoms with Gasteiger partial charge < -0.3 is 5.32 Å². The summed E-state index contributed by atoms with van der Waals surface area (Å²) in [7, 11) is 0. The fourth-order valence-corrected chi connectivity index (χ4v) is 3.11. The molecule has 0 spiro atoms. The number of amides is 1. The Morgan fingerprint density at radius 3 is 2.50 bits per heavy atom. The quantitative estimate of drug-likeness (QED) is 0.516. The van der Waals surface area contributed by atoms with Gasteiger partial charge in [0.15, 0.2) is 0 Å². The predicted molar refractivity (Wildman–Crippen MR) is 79.8 cm³/mol. The Kier molecular flexibility index (Phi) is 5.11. The molecular formula is C14H17BrN2O3. The molecule has 2 rings (SSSR count). The summed E-state index contributed by atoms with van der Waals surface area (Å²) in [4.78, 5) is 22.6. The maximum Gasteiger partial charge on any atom is 0.284 e. The number of nitro benzene ring substituents is 1. The molecule has 0 unspecified atom stereocenters. The van der Waals surface area contributed by atoms with Crippen molar-refractivity contribution in [2.45, 2.75) is 44.6 Å². The zero-order valence-corrected chi connectivity index (χ0v) is 12.7. The summed E-state index contributed by atoms with van der Waals surface area (Å²) in [6.07, 6.45) is 6.65. The van der Waals surface area contributed by atoms with Crippen molar-refractivity contribution in [1.82, 2.24) is 5.32 Å². The van der Waals surface area contributed by atoms with Crippen molar-refractivity contribution in [2.24, 2.45) is 0 Å². The molecule has 1 N–H and O–H groups in total. The van der Waals surface area contributed by atoms with Gasteiger partial charge in [0.25, 0.3) is 11.6 Å². The number of hydrogen-bond acceptors (Lipinski definition) is 3. The molecule has 1 aromatic carbocycles. The van der Waals surface area contributed by atoms with Crippen molar-refractivity contribution < 1.29 is 9.72 Å². The van der Waals surface area contributed by atoms with E-state index in [1.165, 1.54) is 25.0 Å². The maximum absolute atomic E-state index is 12.3. The van der Waals surface area contributed by atoms with Gasteiger partial charge >= 0.3 is 0 Å². The minimum atomic E-state index is -0.494. The van der Waals surface area contributed by atoms with Crippen LogP contribution in [0.25, 0.3) is 0 Å². The maximum atomic E-state index is 12.3. The molecule has 0 aromatic heterocycles. The topological polar surface area (TPSA) is 72.2 Å². The van der Waals surface area contributed by atoms with E-state index in [0.29, 0.717) is 5.56 Å². The highest BCUT2D eigenvalue weighted by molar-refractivity contribution is 9.10. The van der Waals surface area contributed by atoms with E-state index < -0.39 is 4.92 Å². The van der Waals surface area contributed by atoms with Crippen molar-refractivity contribution in [2.75, 3.05) is 0 Å². The van der Waals surface area contributed by atoms with Crippen LogP contribution in [0.1, 0.15) is 48.9 Å². The lowest BCUT2D eigenvalue weighted by atomic mass is 10.1. The van der Waals surface area contributed by atoms with E-state index in [2.05, 4.69) is 21.2 Å². The summed E-state index contributed by atoms with van der Waals surface area (Å²) in [5.41, 5.74) is 0.238. The number of nitrogens with zero attached hydrogens (tertiary/aromatic N) is 1. The zero-order valence-electron chi connectivity index (χ0n) is 11.1. The Morgan fingerprint density at radius 2 is 1.90 bits per heavy atom. The number of nitrogens with one attached hydrogen (secondary N) is 1. The molecule has 1 fully saturated rings. The van der Waals surface area contributed by atoms with Crippen molar-refractivity contribution in [3.8, 4) is 0 Å². The van der Waals surface area contributed by atoms with Gasteiger partial charge in [-0.15, -0.1) is 0 Å². The number of halogens is 1. The monoisotopic (exact) mass is 340 g/mol. The summed E-state index contributed by atoms with van der Waals surface area (Å²) in [5.74, 6) is -0.243. The first kappa shape index (κ1) is 15.0. The minimum Gasteiger partial charge on any atom is -0.349 e. The van der Waals surface area contributed by atoms with Crippen LogP contribution in [0, 0.1) is 10.1 Å². The van der Waals surface area contributed by atoms with E-state index in [-0.39, 0.29) is 22.1 Å². The number of carbonyl (C=O) groups is 1. The molecule has 1 saturated carbocycles. The molecule has 5 nitrogen and oxygen atoms in total. The lowest BCUT2D eigenvalue weighted by molar-refractivity contribution is -0.385. The summed E-state index contributed by atoms with van der Waals surface area (Å²) >= 11 is 3.16. The first-order chi connectivity index (χ1) is 9.59. The fourth-order valence-electron chi connectivity index (χ4n) is 2.52. The van der Waals surface area contributed by atoms with Crippen molar-refractivity contribution >= 4 is 27.5 Å². The van der Waals surface area contributed by atoms with Gasteiger partial charge in [-0.05, 0) is 34.8 Å². The van der Waals surface area contributed by atoms with Crippen LogP contribution in [0.5, 0.6) is 0 Å². The average Bonchev–Trinajstić information content (AvgIpc) is 2.67. The molecule has 20 heavy (non-hydrogen) atoms. The number of rotatable bonds is 3. The molecule has 0 radical (unpaired) electrons. The number of hydrogen-bond donors (Lipinski definition) is 1. The zero-order chi connectivity index (χ0) is 14.5. The van der Waals surface area contributed by atoms with Crippen LogP contribution in [-0.2, 0) is 0 Å². The third kappa shape index (κ3) is 3.56. The average molecular weight is 341 g/mol. The number of carbonyl (C=O) groups excluding carboxylic acids is 1. The van der Waals surface area contributed by atoms with Crippen LogP contribution < -0.4 is 5.32 Å². The van der Waals surface area contributed by atoms with Gasteiger partial charge in [0.2, 0.25) is 0 Å². The Labute approximate surface area is 126 Å². The van der Waals surface area contributed by atoms with Crippen molar-refractivity contribution in [3.63, 3.8) is 0 Å². The second kappa shape index (κ2) is 6.83. The number of nitro groups is 1. The van der Waals surface area contributed by atoms with Crippen LogP contribution in [0.4, 0.5) is 5.69 Å². The Morgan fingerprint density at radius 1 is 1.25 bits per heavy atom. The van der Waals surface area contributed by atoms with Crippen molar-refractivity contribution in [3.05, 3.63) is 38.3 Å². The highest BCUT2D eigenvalue weighted by Crippen LogP contribution is 2.28. The van der Waals surface area contributed by atoms with E-state index in [4.69, 9.17) is 0 Å². The van der Waals surface area contributed by atoms with Crippen LogP contribution in [0.2, 0.25) is 0 Å². The molecule has 1 aliphatic carbocycles. The first-order valence-corrected chi connectivity index (χ1v) is 7.62. The Hall–Kier alpha value is -1.43. The van der Waals surface area contributed by atoms with E-state index >= 15 is 0 Å². The first-order valence-electron chi connectivity index (χ1n) is 6.83. The molecule has 1 amide bonds. The predicted octanol–water partition coefficient (Wildman–Crippen LogP) is 3.81. The van der Waals surface area contributed by atoms with E-state index in [1.807, 2.05) is 0 Å². The summed E-state index contributed by atoms with van der Waals surface area (Å²) in [6, 6.07) is 4.69. The molecule has 1 aromatic rings. The van der Waals surface area contributed by atoms with E-state index in [1.54, 1.807) is 6.07 Å². The van der Waals surface area contributed by atoms with Gasteiger partial charge in [-0.2, -0.15) is 0 Å². The van der Waals surface area contributed by atoms with Crippen LogP contribution in [-0.4, -0.2) is 16.9 Å². The molecule has 0 heterocycles. The lowest BCUT2D eigenvalue weighted by Gasteiger charge is -2.16. The fraction of sp³-hybridized carbons (Fsp3) is 0.500. The molecule has 1 aliphatic rings. The molecule has 0 saturated heterocycles. The van der Waals surface area contributed by atoms with Gasteiger partial charge in [-0.1, -0.05) is 31.7 Å². The normalized spacial score (nSPS) is 16.4. The Bertz CT molecular complexity index is 511. The van der Waals surface area contributed by atoms with Gasteiger partial charge in [0.1, 0.15) is 4.47 Å². The highest BCUT2D eigenvalue weighted by Gasteiger charge is 2.21. The van der Waals surface area contributed by atoms with Crippen molar-refractivity contribution in [1.29, 1.82) is 0 Å². The Balaban J connectivity index is 2.12. The molecule has 108 valence electrons. The van der Waals surface area contributed by atoms with Crippen LogP contribution >= 0.6 is 15.9 Å². The number of benzene rings is 1. The highest BCUT2D eigenvalue weighted by atomic mass is 79.9. The second-order valence-corrected chi connectivity index (χ2v) is 5.85.